The highest BCUT2D eigenvalue weighted by Crippen LogP contribution is 2.34. The monoisotopic (exact) mass is 415 g/mol. The predicted molar refractivity (Wildman–Crippen MR) is 110 cm³/mol. The van der Waals surface area contributed by atoms with E-state index in [1.807, 2.05) is 36.4 Å². The second kappa shape index (κ2) is 6.81. The number of sulfonamides is 1. The average Bonchev–Trinajstić information content (AvgIpc) is 3.35. The van der Waals surface area contributed by atoms with Crippen LogP contribution in [0.25, 0.3) is 10.2 Å². The molecule has 8 heteroatoms. The van der Waals surface area contributed by atoms with Crippen molar-refractivity contribution in [3.8, 4) is 10.9 Å². The lowest BCUT2D eigenvalue weighted by Crippen LogP contribution is -2.47. The molecule has 0 amide bonds. The molecular weight excluding hydrogens is 394 g/mol. The summed E-state index contributed by atoms with van der Waals surface area (Å²) in [6.07, 6.45) is 2.24. The average molecular weight is 416 g/mol. The van der Waals surface area contributed by atoms with Crippen LogP contribution in [0.5, 0.6) is 10.9 Å². The summed E-state index contributed by atoms with van der Waals surface area (Å²) < 4.78 is 32.3. The van der Waals surface area contributed by atoms with Crippen LogP contribution in [0.1, 0.15) is 12.0 Å². The van der Waals surface area contributed by atoms with Crippen molar-refractivity contribution >= 4 is 31.6 Å². The van der Waals surface area contributed by atoms with Crippen LogP contribution in [0.2, 0.25) is 0 Å². The quantitative estimate of drug-likeness (QED) is 0.640. The second-order valence-electron chi connectivity index (χ2n) is 7.50. The molecule has 1 aromatic heterocycles. The summed E-state index contributed by atoms with van der Waals surface area (Å²) in [4.78, 5) is 6.89. The first-order valence-corrected chi connectivity index (χ1v) is 12.0. The third kappa shape index (κ3) is 3.41. The van der Waals surface area contributed by atoms with Crippen molar-refractivity contribution in [2.75, 3.05) is 19.3 Å². The van der Waals surface area contributed by atoms with Gasteiger partial charge in [0.25, 0.3) is 5.19 Å². The zero-order valence-corrected chi connectivity index (χ0v) is 17.1. The molecule has 28 heavy (non-hydrogen) atoms. The van der Waals surface area contributed by atoms with E-state index in [9.17, 15) is 8.42 Å². The number of likely N-dealkylation sites (tertiary alicyclic amines) is 1. The highest BCUT2D eigenvalue weighted by molar-refractivity contribution is 7.88. The van der Waals surface area contributed by atoms with Gasteiger partial charge < -0.3 is 4.74 Å². The molecular formula is C20H21N3O3S2. The highest BCUT2D eigenvalue weighted by atomic mass is 32.2. The minimum atomic E-state index is -3.09. The molecule has 5 rings (SSSR count). The van der Waals surface area contributed by atoms with Gasteiger partial charge in [-0.05, 0) is 36.2 Å². The molecule has 2 bridgehead atoms. The number of nitrogens with zero attached hydrogens (tertiary/aromatic N) is 3. The summed E-state index contributed by atoms with van der Waals surface area (Å²) in [7, 11) is -3.09. The van der Waals surface area contributed by atoms with Gasteiger partial charge in [-0.25, -0.2) is 13.4 Å². The molecule has 2 aliphatic rings. The summed E-state index contributed by atoms with van der Waals surface area (Å²) >= 11 is 1.54. The Kier molecular flexibility index (Phi) is 4.39. The van der Waals surface area contributed by atoms with Gasteiger partial charge in [0.15, 0.2) is 0 Å². The Labute approximate surface area is 168 Å². The summed E-state index contributed by atoms with van der Waals surface area (Å²) in [6.45, 7) is 2.25. The van der Waals surface area contributed by atoms with Crippen LogP contribution < -0.4 is 4.74 Å². The molecule has 2 aromatic carbocycles. The van der Waals surface area contributed by atoms with Crippen molar-refractivity contribution in [1.82, 2.24) is 14.2 Å². The van der Waals surface area contributed by atoms with Crippen molar-refractivity contribution in [3.63, 3.8) is 0 Å². The topological polar surface area (TPSA) is 62.7 Å². The van der Waals surface area contributed by atoms with Crippen LogP contribution in [0.15, 0.2) is 48.5 Å². The highest BCUT2D eigenvalue weighted by Gasteiger charge is 2.46. The van der Waals surface area contributed by atoms with Crippen molar-refractivity contribution < 1.29 is 13.2 Å². The first kappa shape index (κ1) is 18.1. The number of hydrogen-bond acceptors (Lipinski definition) is 6. The Morgan fingerprint density at radius 3 is 2.57 bits per heavy atom. The number of aromatic nitrogens is 1. The maximum absolute atomic E-state index is 11.8. The van der Waals surface area contributed by atoms with E-state index in [0.29, 0.717) is 17.8 Å². The van der Waals surface area contributed by atoms with Gasteiger partial charge in [-0.1, -0.05) is 35.6 Å². The van der Waals surface area contributed by atoms with E-state index in [2.05, 4.69) is 22.0 Å². The molecule has 2 atom stereocenters. The Morgan fingerprint density at radius 2 is 1.89 bits per heavy atom. The summed E-state index contributed by atoms with van der Waals surface area (Å²) in [6, 6.07) is 16.5. The van der Waals surface area contributed by atoms with E-state index in [1.54, 1.807) is 4.31 Å². The Balaban J connectivity index is 1.23. The van der Waals surface area contributed by atoms with Gasteiger partial charge in [0.05, 0.1) is 16.5 Å². The lowest BCUT2D eigenvalue weighted by Gasteiger charge is -2.32. The number of fused-ring (bicyclic) bond motifs is 3. The summed E-state index contributed by atoms with van der Waals surface area (Å²) in [5.41, 5.74) is 2.15. The van der Waals surface area contributed by atoms with Crippen LogP contribution in [-0.2, 0) is 16.6 Å². The van der Waals surface area contributed by atoms with E-state index in [1.165, 1.54) is 23.2 Å². The second-order valence-corrected chi connectivity index (χ2v) is 10.4. The number of para-hydroxylation sites is 1. The van der Waals surface area contributed by atoms with E-state index in [-0.39, 0.29) is 6.04 Å². The molecule has 2 fully saturated rings. The number of benzene rings is 2. The van der Waals surface area contributed by atoms with Crippen LogP contribution in [0.4, 0.5) is 0 Å². The molecule has 0 radical (unpaired) electrons. The SMILES string of the molecule is CS(=O)(=O)N1C[C@H]2C[C@@H]1CN2Cc1ccc(Oc2nc3ccccc3s2)cc1. The maximum atomic E-state index is 11.8. The Morgan fingerprint density at radius 1 is 1.11 bits per heavy atom. The van der Waals surface area contributed by atoms with Crippen molar-refractivity contribution in [2.24, 2.45) is 0 Å². The molecule has 0 spiro atoms. The normalized spacial score (nSPS) is 22.9. The van der Waals surface area contributed by atoms with Gasteiger partial charge in [-0.3, -0.25) is 4.90 Å². The van der Waals surface area contributed by atoms with Crippen LogP contribution in [0.3, 0.4) is 0 Å². The van der Waals surface area contributed by atoms with Crippen molar-refractivity contribution in [3.05, 3.63) is 54.1 Å². The first-order chi connectivity index (χ1) is 13.5. The Hall–Kier alpha value is -2.00. The fourth-order valence-electron chi connectivity index (χ4n) is 4.21. The zero-order valence-electron chi connectivity index (χ0n) is 15.5. The fraction of sp³-hybridized carbons (Fsp3) is 0.350. The molecule has 0 unspecified atom stereocenters. The standard InChI is InChI=1S/C20H21N3O3S2/c1-28(24,25)23-13-15-10-16(23)12-22(15)11-14-6-8-17(9-7-14)26-20-21-18-4-2-3-5-19(18)27-20/h2-9,15-16H,10-13H2,1H3/t15-,16-/m1/s1. The van der Waals surface area contributed by atoms with Crippen LogP contribution in [0, 0.1) is 0 Å². The molecule has 6 nitrogen and oxygen atoms in total. The van der Waals surface area contributed by atoms with Gasteiger partial charge in [0.1, 0.15) is 5.75 Å². The van der Waals surface area contributed by atoms with Crippen molar-refractivity contribution in [2.45, 2.75) is 25.0 Å². The predicted octanol–water partition coefficient (Wildman–Crippen LogP) is 3.31. The van der Waals surface area contributed by atoms with Gasteiger partial charge in [0.2, 0.25) is 10.0 Å². The minimum absolute atomic E-state index is 0.127. The third-order valence-corrected chi connectivity index (χ3v) is 7.73. The fourth-order valence-corrected chi connectivity index (χ4v) is 6.18. The number of thiazole rings is 1. The van der Waals surface area contributed by atoms with E-state index < -0.39 is 10.0 Å². The molecule has 146 valence electrons. The molecule has 0 N–H and O–H groups in total. The smallest absolute Gasteiger partial charge is 0.279 e. The van der Waals surface area contributed by atoms with E-state index in [0.717, 1.165) is 35.5 Å². The number of rotatable bonds is 5. The van der Waals surface area contributed by atoms with Crippen LogP contribution >= 0.6 is 11.3 Å². The number of piperazine rings is 1. The summed E-state index contributed by atoms with van der Waals surface area (Å²) in [5.74, 6) is 0.772. The zero-order chi connectivity index (χ0) is 19.3. The van der Waals surface area contributed by atoms with Crippen LogP contribution in [-0.4, -0.2) is 54.0 Å². The number of hydrogen-bond donors (Lipinski definition) is 0. The van der Waals surface area contributed by atoms with E-state index >= 15 is 0 Å². The minimum Gasteiger partial charge on any atom is -0.431 e. The Bertz CT molecular complexity index is 1080. The first-order valence-electron chi connectivity index (χ1n) is 9.29. The summed E-state index contributed by atoms with van der Waals surface area (Å²) in [5, 5.41) is 0.645. The molecule has 3 heterocycles. The van der Waals surface area contributed by atoms with E-state index in [4.69, 9.17) is 4.74 Å². The lowest BCUT2D eigenvalue weighted by atomic mass is 10.2. The van der Waals surface area contributed by atoms with Gasteiger partial charge in [-0.2, -0.15) is 4.31 Å². The number of ether oxygens (including phenoxy) is 1. The van der Waals surface area contributed by atoms with Gasteiger partial charge in [0, 0.05) is 31.7 Å². The maximum Gasteiger partial charge on any atom is 0.279 e. The third-order valence-electron chi connectivity index (χ3n) is 5.52. The van der Waals surface area contributed by atoms with Crippen molar-refractivity contribution in [1.29, 1.82) is 0 Å². The lowest BCUT2D eigenvalue weighted by molar-refractivity contribution is 0.175. The molecule has 0 saturated carbocycles. The molecule has 2 aliphatic heterocycles. The van der Waals surface area contributed by atoms with Gasteiger partial charge >= 0.3 is 0 Å². The van der Waals surface area contributed by atoms with Gasteiger partial charge in [-0.15, -0.1) is 0 Å². The molecule has 2 saturated heterocycles. The largest absolute Gasteiger partial charge is 0.431 e. The molecule has 3 aromatic rings. The molecule has 0 aliphatic carbocycles.